The van der Waals surface area contributed by atoms with Crippen molar-refractivity contribution < 1.29 is 19.0 Å². The molecular weight excluding hydrogens is 389 g/mol. The minimum Gasteiger partial charge on any atom is -0.493 e. The number of fused-ring (bicyclic) bond motifs is 1. The number of hydrogen-bond donors (Lipinski definition) is 0. The Hall–Kier alpha value is -1.98. The van der Waals surface area contributed by atoms with Crippen molar-refractivity contribution in [3.05, 3.63) is 45.7 Å². The molecular formula is C20H19Cl2NO4. The number of hydrogen-bond acceptors (Lipinski definition) is 5. The molecule has 1 atom stereocenters. The molecule has 5 nitrogen and oxygen atoms in total. The number of carbonyl (C=O) groups excluding carboxylic acids is 1. The highest BCUT2D eigenvalue weighted by Crippen LogP contribution is 2.48. The summed E-state index contributed by atoms with van der Waals surface area (Å²) in [5, 5.41) is 0.726. The minimum atomic E-state index is -0.376. The van der Waals surface area contributed by atoms with Crippen LogP contribution in [-0.4, -0.2) is 24.2 Å². The maximum absolute atomic E-state index is 13.0. The summed E-state index contributed by atoms with van der Waals surface area (Å²) < 4.78 is 17.5. The van der Waals surface area contributed by atoms with Crippen LogP contribution < -0.4 is 14.2 Å². The van der Waals surface area contributed by atoms with Crippen molar-refractivity contribution in [3.63, 3.8) is 0 Å². The molecule has 1 fully saturated rings. The molecule has 4 rings (SSSR count). The lowest BCUT2D eigenvalue weighted by Crippen LogP contribution is -2.27. The summed E-state index contributed by atoms with van der Waals surface area (Å²) in [5.41, 5.74) is 0.990. The van der Waals surface area contributed by atoms with Crippen molar-refractivity contribution in [1.29, 1.82) is 0 Å². The monoisotopic (exact) mass is 407 g/mol. The summed E-state index contributed by atoms with van der Waals surface area (Å²) in [7, 11) is 1.57. The van der Waals surface area contributed by atoms with E-state index in [1.165, 1.54) is 25.2 Å². The molecule has 0 N–H and O–H groups in total. The standard InChI is InChI=1S/C20H19Cl2NO4/c1-25-17-7-6-12(16(24)8-13-14(21)9-23-10-15(13)22)18-19(17)27-20(26-18)11-4-2-3-5-11/h6-7,9-11,20H,2-5,8H2,1H3. The minimum absolute atomic E-state index is 0.0520. The van der Waals surface area contributed by atoms with E-state index in [-0.39, 0.29) is 18.5 Å². The molecule has 1 aromatic heterocycles. The van der Waals surface area contributed by atoms with E-state index in [1.807, 2.05) is 0 Å². The van der Waals surface area contributed by atoms with Gasteiger partial charge in [0.1, 0.15) is 0 Å². The van der Waals surface area contributed by atoms with Crippen LogP contribution in [0.25, 0.3) is 0 Å². The van der Waals surface area contributed by atoms with Gasteiger partial charge in [0.2, 0.25) is 12.0 Å². The van der Waals surface area contributed by atoms with Crippen LogP contribution in [-0.2, 0) is 6.42 Å². The predicted octanol–water partition coefficient (Wildman–Crippen LogP) is 5.11. The van der Waals surface area contributed by atoms with Crippen LogP contribution in [0.1, 0.15) is 41.6 Å². The van der Waals surface area contributed by atoms with Gasteiger partial charge in [0, 0.05) is 30.3 Å². The van der Waals surface area contributed by atoms with Crippen LogP contribution in [0, 0.1) is 5.92 Å². The van der Waals surface area contributed by atoms with Crippen LogP contribution in [0.2, 0.25) is 10.0 Å². The molecule has 1 aliphatic carbocycles. The molecule has 0 bridgehead atoms. The highest BCUT2D eigenvalue weighted by Gasteiger charge is 2.38. The molecule has 7 heteroatoms. The molecule has 0 spiro atoms. The van der Waals surface area contributed by atoms with Crippen LogP contribution >= 0.6 is 23.2 Å². The van der Waals surface area contributed by atoms with Gasteiger partial charge in [0.05, 0.1) is 22.7 Å². The quantitative estimate of drug-likeness (QED) is 0.644. The van der Waals surface area contributed by atoms with Crippen LogP contribution in [0.4, 0.5) is 0 Å². The van der Waals surface area contributed by atoms with Gasteiger partial charge < -0.3 is 14.2 Å². The highest BCUT2D eigenvalue weighted by molar-refractivity contribution is 6.36. The van der Waals surface area contributed by atoms with Gasteiger partial charge in [-0.3, -0.25) is 9.78 Å². The smallest absolute Gasteiger partial charge is 0.244 e. The second kappa shape index (κ2) is 7.56. The topological polar surface area (TPSA) is 57.7 Å². The van der Waals surface area contributed by atoms with E-state index in [9.17, 15) is 4.79 Å². The second-order valence-electron chi connectivity index (χ2n) is 6.80. The molecule has 27 heavy (non-hydrogen) atoms. The van der Waals surface area contributed by atoms with Gasteiger partial charge in [-0.1, -0.05) is 36.0 Å². The van der Waals surface area contributed by atoms with E-state index < -0.39 is 0 Å². The average Bonchev–Trinajstić information content (AvgIpc) is 3.33. The number of pyridine rings is 1. The number of ether oxygens (including phenoxy) is 3. The van der Waals surface area contributed by atoms with E-state index in [2.05, 4.69) is 4.98 Å². The van der Waals surface area contributed by atoms with Gasteiger partial charge in [-0.05, 0) is 25.0 Å². The van der Waals surface area contributed by atoms with E-state index in [4.69, 9.17) is 37.4 Å². The SMILES string of the molecule is COc1ccc(C(=O)Cc2c(Cl)cncc2Cl)c2c1OC(C1CCCC1)O2. The number of methoxy groups -OCH3 is 1. The second-order valence-corrected chi connectivity index (χ2v) is 7.62. The Morgan fingerprint density at radius 2 is 1.81 bits per heavy atom. The lowest BCUT2D eigenvalue weighted by molar-refractivity contribution is -0.00265. The summed E-state index contributed by atoms with van der Waals surface area (Å²) in [6.45, 7) is 0. The Balaban J connectivity index is 1.64. The average molecular weight is 408 g/mol. The normalized spacial score (nSPS) is 18.7. The highest BCUT2D eigenvalue weighted by atomic mass is 35.5. The number of benzene rings is 1. The van der Waals surface area contributed by atoms with Crippen molar-refractivity contribution >= 4 is 29.0 Å². The van der Waals surface area contributed by atoms with Gasteiger partial charge in [-0.15, -0.1) is 0 Å². The predicted molar refractivity (Wildman–Crippen MR) is 102 cm³/mol. The number of carbonyl (C=O) groups is 1. The van der Waals surface area contributed by atoms with Gasteiger partial charge in [-0.25, -0.2) is 0 Å². The summed E-state index contributed by atoms with van der Waals surface area (Å²) >= 11 is 12.3. The molecule has 142 valence electrons. The molecule has 2 aromatic rings. The number of aromatic nitrogens is 1. The van der Waals surface area contributed by atoms with Crippen LogP contribution in [0.5, 0.6) is 17.2 Å². The van der Waals surface area contributed by atoms with E-state index in [0.29, 0.717) is 44.3 Å². The number of Topliss-reactive ketones (excluding diaryl/α,β-unsaturated/α-hetero) is 1. The summed E-state index contributed by atoms with van der Waals surface area (Å²) in [6, 6.07) is 3.42. The van der Waals surface area contributed by atoms with Crippen molar-refractivity contribution in [2.45, 2.75) is 38.4 Å². The first-order valence-electron chi connectivity index (χ1n) is 8.94. The lowest BCUT2D eigenvalue weighted by Gasteiger charge is -2.17. The first-order chi connectivity index (χ1) is 13.1. The molecule has 0 amide bonds. The van der Waals surface area contributed by atoms with E-state index in [1.54, 1.807) is 19.2 Å². The van der Waals surface area contributed by atoms with E-state index >= 15 is 0 Å². The molecule has 1 aliphatic heterocycles. The zero-order valence-electron chi connectivity index (χ0n) is 14.8. The largest absolute Gasteiger partial charge is 0.493 e. The molecule has 1 unspecified atom stereocenters. The maximum Gasteiger partial charge on any atom is 0.244 e. The molecule has 1 saturated carbocycles. The van der Waals surface area contributed by atoms with E-state index in [0.717, 1.165) is 12.8 Å². The number of halogens is 2. The van der Waals surface area contributed by atoms with Crippen molar-refractivity contribution in [3.8, 4) is 17.2 Å². The zero-order chi connectivity index (χ0) is 19.0. The summed E-state index contributed by atoms with van der Waals surface area (Å²) in [6.07, 6.45) is 7.10. The fourth-order valence-corrected chi connectivity index (χ4v) is 4.19. The van der Waals surface area contributed by atoms with Crippen molar-refractivity contribution in [2.24, 2.45) is 5.92 Å². The third-order valence-corrected chi connectivity index (χ3v) is 5.79. The van der Waals surface area contributed by atoms with Gasteiger partial charge in [0.25, 0.3) is 0 Å². The Labute approximate surface area is 167 Å². The summed E-state index contributed by atoms with van der Waals surface area (Å²) in [4.78, 5) is 16.9. The van der Waals surface area contributed by atoms with Gasteiger partial charge in [0.15, 0.2) is 17.3 Å². The molecule has 2 heterocycles. The Morgan fingerprint density at radius 1 is 1.15 bits per heavy atom. The Morgan fingerprint density at radius 3 is 2.48 bits per heavy atom. The number of ketones is 1. The van der Waals surface area contributed by atoms with Crippen molar-refractivity contribution in [1.82, 2.24) is 4.98 Å². The van der Waals surface area contributed by atoms with Gasteiger partial charge in [-0.2, -0.15) is 0 Å². The first-order valence-corrected chi connectivity index (χ1v) is 9.69. The number of nitrogens with zero attached hydrogens (tertiary/aromatic N) is 1. The van der Waals surface area contributed by atoms with Gasteiger partial charge >= 0.3 is 0 Å². The zero-order valence-corrected chi connectivity index (χ0v) is 16.3. The third kappa shape index (κ3) is 3.46. The summed E-state index contributed by atoms with van der Waals surface area (Å²) in [5.74, 6) is 1.67. The fraction of sp³-hybridized carbons (Fsp3) is 0.400. The molecule has 2 aliphatic rings. The third-order valence-electron chi connectivity index (χ3n) is 5.14. The van der Waals surface area contributed by atoms with Crippen molar-refractivity contribution in [2.75, 3.05) is 7.11 Å². The van der Waals surface area contributed by atoms with Crippen LogP contribution in [0.3, 0.4) is 0 Å². The Bertz CT molecular complexity index is 860. The maximum atomic E-state index is 13.0. The Kier molecular flexibility index (Phi) is 5.15. The molecule has 1 aromatic carbocycles. The molecule has 0 saturated heterocycles. The lowest BCUT2D eigenvalue weighted by atomic mass is 10.0. The number of rotatable bonds is 5. The van der Waals surface area contributed by atoms with Crippen LogP contribution in [0.15, 0.2) is 24.5 Å². The fourth-order valence-electron chi connectivity index (χ4n) is 3.69. The molecule has 0 radical (unpaired) electrons. The first kappa shape index (κ1) is 18.4.